The standard InChI is InChI=1S/C32H52O2/c1-4-6-7-8-9-10-11-26-14-22-31(23-15-26)34-32(33)30-20-18-29(19-21-30)28-16-12-27(13-17-28)24-25(3)5-2/h14-15,22-23,25,27-30H,4-13,16-21,24H2,1-3H3. The van der Waals surface area contributed by atoms with Gasteiger partial charge >= 0.3 is 5.97 Å². The van der Waals surface area contributed by atoms with Gasteiger partial charge in [0.2, 0.25) is 0 Å². The molecule has 2 heteroatoms. The van der Waals surface area contributed by atoms with E-state index in [0.29, 0.717) is 0 Å². The minimum absolute atomic E-state index is 0.000569. The molecule has 2 aliphatic carbocycles. The number of rotatable bonds is 13. The van der Waals surface area contributed by atoms with Crippen LogP contribution < -0.4 is 4.74 Å². The predicted molar refractivity (Wildman–Crippen MR) is 144 cm³/mol. The van der Waals surface area contributed by atoms with Gasteiger partial charge in [-0.3, -0.25) is 4.79 Å². The molecule has 2 aliphatic rings. The van der Waals surface area contributed by atoms with Crippen molar-refractivity contribution in [3.8, 4) is 5.75 Å². The van der Waals surface area contributed by atoms with E-state index in [0.717, 1.165) is 48.7 Å². The van der Waals surface area contributed by atoms with E-state index in [1.165, 1.54) is 95.5 Å². The maximum Gasteiger partial charge on any atom is 0.314 e. The van der Waals surface area contributed by atoms with Gasteiger partial charge in [0.1, 0.15) is 5.75 Å². The number of aryl methyl sites for hydroxylation is 1. The summed E-state index contributed by atoms with van der Waals surface area (Å²) in [6.45, 7) is 7.00. The molecule has 0 bridgehead atoms. The molecule has 192 valence electrons. The molecule has 0 heterocycles. The van der Waals surface area contributed by atoms with Crippen LogP contribution in [0.4, 0.5) is 0 Å². The Kier molecular flexibility index (Phi) is 12.0. The highest BCUT2D eigenvalue weighted by Gasteiger charge is 2.33. The van der Waals surface area contributed by atoms with Crippen LogP contribution in [0.15, 0.2) is 24.3 Å². The van der Waals surface area contributed by atoms with Crippen molar-refractivity contribution in [2.24, 2.45) is 29.6 Å². The molecule has 0 saturated heterocycles. The number of hydrogen-bond donors (Lipinski definition) is 0. The lowest BCUT2D eigenvalue weighted by atomic mass is 9.68. The summed E-state index contributed by atoms with van der Waals surface area (Å²) in [5.41, 5.74) is 1.36. The zero-order valence-electron chi connectivity index (χ0n) is 22.5. The maximum atomic E-state index is 12.8. The molecule has 2 nitrogen and oxygen atoms in total. The highest BCUT2D eigenvalue weighted by Crippen LogP contribution is 2.43. The normalized spacial score (nSPS) is 26.2. The molecule has 0 N–H and O–H groups in total. The third-order valence-corrected chi connectivity index (χ3v) is 9.06. The smallest absolute Gasteiger partial charge is 0.314 e. The highest BCUT2D eigenvalue weighted by atomic mass is 16.5. The first-order valence-electron chi connectivity index (χ1n) is 14.9. The van der Waals surface area contributed by atoms with Crippen molar-refractivity contribution in [2.45, 2.75) is 130 Å². The predicted octanol–water partition coefficient (Wildman–Crippen LogP) is 9.54. The van der Waals surface area contributed by atoms with Gasteiger partial charge in [-0.1, -0.05) is 84.3 Å². The van der Waals surface area contributed by atoms with Crippen LogP contribution in [0.1, 0.15) is 129 Å². The van der Waals surface area contributed by atoms with Crippen LogP contribution >= 0.6 is 0 Å². The van der Waals surface area contributed by atoms with Crippen molar-refractivity contribution in [3.05, 3.63) is 29.8 Å². The van der Waals surface area contributed by atoms with E-state index in [1.807, 2.05) is 12.1 Å². The second kappa shape index (κ2) is 14.9. The van der Waals surface area contributed by atoms with Gasteiger partial charge < -0.3 is 4.74 Å². The van der Waals surface area contributed by atoms with Gasteiger partial charge in [0.05, 0.1) is 5.92 Å². The van der Waals surface area contributed by atoms with E-state index in [9.17, 15) is 4.79 Å². The molecule has 34 heavy (non-hydrogen) atoms. The molecule has 0 aromatic heterocycles. The van der Waals surface area contributed by atoms with E-state index in [2.05, 4.69) is 32.9 Å². The first kappa shape index (κ1) is 27.3. The largest absolute Gasteiger partial charge is 0.426 e. The molecule has 2 fully saturated rings. The molecule has 2 saturated carbocycles. The van der Waals surface area contributed by atoms with E-state index in [1.54, 1.807) is 0 Å². The van der Waals surface area contributed by atoms with Crippen molar-refractivity contribution in [3.63, 3.8) is 0 Å². The number of benzene rings is 1. The summed E-state index contributed by atoms with van der Waals surface area (Å²) < 4.78 is 5.78. The fourth-order valence-corrected chi connectivity index (χ4v) is 6.49. The van der Waals surface area contributed by atoms with Gasteiger partial charge in [-0.25, -0.2) is 0 Å². The number of carbonyl (C=O) groups is 1. The van der Waals surface area contributed by atoms with Crippen LogP contribution in [0.2, 0.25) is 0 Å². The number of carbonyl (C=O) groups excluding carboxylic acids is 1. The molecular formula is C32H52O2. The summed E-state index contributed by atoms with van der Waals surface area (Å²) in [6, 6.07) is 8.27. The number of esters is 1. The van der Waals surface area contributed by atoms with Crippen molar-refractivity contribution in [2.75, 3.05) is 0 Å². The molecule has 1 aromatic rings. The van der Waals surface area contributed by atoms with Gasteiger partial charge in [-0.05, 0) is 99.2 Å². The number of unbranched alkanes of at least 4 members (excludes halogenated alkanes) is 5. The lowest BCUT2D eigenvalue weighted by molar-refractivity contribution is -0.140. The van der Waals surface area contributed by atoms with E-state index < -0.39 is 0 Å². The lowest BCUT2D eigenvalue weighted by Crippen LogP contribution is -2.30. The monoisotopic (exact) mass is 468 g/mol. The van der Waals surface area contributed by atoms with Crippen molar-refractivity contribution in [1.29, 1.82) is 0 Å². The van der Waals surface area contributed by atoms with Gasteiger partial charge in [0, 0.05) is 0 Å². The second-order valence-corrected chi connectivity index (χ2v) is 11.7. The molecule has 1 unspecified atom stereocenters. The molecule has 0 spiro atoms. The molecule has 3 rings (SSSR count). The topological polar surface area (TPSA) is 26.3 Å². The van der Waals surface area contributed by atoms with Crippen LogP contribution in [0.3, 0.4) is 0 Å². The SMILES string of the molecule is CCCCCCCCc1ccc(OC(=O)C2CCC(C3CCC(CC(C)CC)CC3)CC2)cc1. The minimum atomic E-state index is -0.000569. The third kappa shape index (κ3) is 9.04. The fraction of sp³-hybridized carbons (Fsp3) is 0.781. The molecule has 0 amide bonds. The number of ether oxygens (including phenoxy) is 1. The minimum Gasteiger partial charge on any atom is -0.426 e. The molecule has 1 atom stereocenters. The quantitative estimate of drug-likeness (QED) is 0.164. The Hall–Kier alpha value is -1.31. The van der Waals surface area contributed by atoms with Gasteiger partial charge in [-0.15, -0.1) is 0 Å². The zero-order valence-corrected chi connectivity index (χ0v) is 22.5. The van der Waals surface area contributed by atoms with E-state index in [-0.39, 0.29) is 11.9 Å². The third-order valence-electron chi connectivity index (χ3n) is 9.06. The average Bonchev–Trinajstić information content (AvgIpc) is 2.87. The summed E-state index contributed by atoms with van der Waals surface area (Å²) in [6.07, 6.45) is 22.0. The Balaban J connectivity index is 1.32. The summed E-state index contributed by atoms with van der Waals surface area (Å²) in [5, 5.41) is 0. The van der Waals surface area contributed by atoms with E-state index >= 15 is 0 Å². The van der Waals surface area contributed by atoms with Crippen LogP contribution in [0, 0.1) is 29.6 Å². The van der Waals surface area contributed by atoms with Gasteiger partial charge in [0.15, 0.2) is 0 Å². The Morgan fingerprint density at radius 1 is 0.824 bits per heavy atom. The Bertz CT molecular complexity index is 677. The lowest BCUT2D eigenvalue weighted by Gasteiger charge is -2.37. The average molecular weight is 469 g/mol. The summed E-state index contributed by atoms with van der Waals surface area (Å²) >= 11 is 0. The zero-order chi connectivity index (χ0) is 24.2. The van der Waals surface area contributed by atoms with Crippen LogP contribution in [-0.2, 0) is 11.2 Å². The Labute approximate surface area is 210 Å². The van der Waals surface area contributed by atoms with Crippen LogP contribution in [-0.4, -0.2) is 5.97 Å². The first-order chi connectivity index (χ1) is 16.6. The summed E-state index contributed by atoms with van der Waals surface area (Å²) in [5.74, 6) is 4.42. The van der Waals surface area contributed by atoms with Crippen molar-refractivity contribution >= 4 is 5.97 Å². The summed E-state index contributed by atoms with van der Waals surface area (Å²) in [4.78, 5) is 12.8. The highest BCUT2D eigenvalue weighted by molar-refractivity contribution is 5.75. The van der Waals surface area contributed by atoms with Gasteiger partial charge in [-0.2, -0.15) is 0 Å². The van der Waals surface area contributed by atoms with Gasteiger partial charge in [0.25, 0.3) is 0 Å². The Morgan fingerprint density at radius 3 is 2.03 bits per heavy atom. The van der Waals surface area contributed by atoms with Crippen LogP contribution in [0.5, 0.6) is 5.75 Å². The van der Waals surface area contributed by atoms with Crippen molar-refractivity contribution in [1.82, 2.24) is 0 Å². The first-order valence-corrected chi connectivity index (χ1v) is 14.9. The molecule has 0 aliphatic heterocycles. The fourth-order valence-electron chi connectivity index (χ4n) is 6.49. The maximum absolute atomic E-state index is 12.8. The molecule has 1 aromatic carbocycles. The summed E-state index contributed by atoms with van der Waals surface area (Å²) in [7, 11) is 0. The molecular weight excluding hydrogens is 416 g/mol. The van der Waals surface area contributed by atoms with Crippen LogP contribution in [0.25, 0.3) is 0 Å². The number of hydrogen-bond acceptors (Lipinski definition) is 2. The van der Waals surface area contributed by atoms with E-state index in [4.69, 9.17) is 4.74 Å². The molecule has 0 radical (unpaired) electrons. The van der Waals surface area contributed by atoms with Crippen molar-refractivity contribution < 1.29 is 9.53 Å². The second-order valence-electron chi connectivity index (χ2n) is 11.7. The Morgan fingerprint density at radius 2 is 1.41 bits per heavy atom.